The Balaban J connectivity index is 2.04. The van der Waals surface area contributed by atoms with Gasteiger partial charge < -0.3 is 21.5 Å². The molecular weight excluding hydrogens is 266 g/mol. The molecule has 0 aliphatic rings. The van der Waals surface area contributed by atoms with Gasteiger partial charge in [-0.1, -0.05) is 24.3 Å². The van der Waals surface area contributed by atoms with Crippen LogP contribution in [0.5, 0.6) is 0 Å². The number of nitrogen functional groups attached to an aromatic ring is 1. The van der Waals surface area contributed by atoms with Crippen molar-refractivity contribution >= 4 is 17.3 Å². The van der Waals surface area contributed by atoms with Crippen LogP contribution in [-0.4, -0.2) is 18.1 Å². The molecule has 0 spiro atoms. The maximum Gasteiger partial charge on any atom is 0.251 e. The summed E-state index contributed by atoms with van der Waals surface area (Å²) in [6, 6.07) is 12.8. The van der Waals surface area contributed by atoms with Crippen molar-refractivity contribution in [3.8, 4) is 0 Å². The van der Waals surface area contributed by atoms with E-state index >= 15 is 0 Å². The van der Waals surface area contributed by atoms with E-state index in [2.05, 4.69) is 10.6 Å². The van der Waals surface area contributed by atoms with Crippen LogP contribution in [0.3, 0.4) is 0 Å². The lowest BCUT2D eigenvalue weighted by Gasteiger charge is -2.11. The molecule has 5 heteroatoms. The molecule has 0 saturated carbocycles. The van der Waals surface area contributed by atoms with Crippen LogP contribution in [-0.2, 0) is 13.2 Å². The second kappa shape index (κ2) is 6.76. The summed E-state index contributed by atoms with van der Waals surface area (Å²) >= 11 is 0. The van der Waals surface area contributed by atoms with Crippen molar-refractivity contribution in [3.63, 3.8) is 0 Å². The van der Waals surface area contributed by atoms with Crippen molar-refractivity contribution in [2.75, 3.05) is 18.1 Å². The molecule has 0 unspecified atom stereocenters. The first-order valence-corrected chi connectivity index (χ1v) is 6.68. The van der Waals surface area contributed by atoms with Crippen LogP contribution in [0, 0.1) is 0 Å². The predicted octanol–water partition coefficient (Wildman–Crippen LogP) is 1.73. The lowest BCUT2D eigenvalue weighted by atomic mass is 10.1. The maximum atomic E-state index is 11.5. The highest BCUT2D eigenvalue weighted by Crippen LogP contribution is 2.20. The fourth-order valence-electron chi connectivity index (χ4n) is 1.97. The van der Waals surface area contributed by atoms with Gasteiger partial charge in [0.25, 0.3) is 5.91 Å². The van der Waals surface area contributed by atoms with E-state index in [0.717, 1.165) is 16.8 Å². The third-order valence-corrected chi connectivity index (χ3v) is 3.23. The number of nitrogens with one attached hydrogen (secondary N) is 2. The summed E-state index contributed by atoms with van der Waals surface area (Å²) in [6.07, 6.45) is 0. The average Bonchev–Trinajstić information content (AvgIpc) is 2.53. The molecule has 0 aromatic heterocycles. The van der Waals surface area contributed by atoms with Gasteiger partial charge in [0, 0.05) is 19.2 Å². The Morgan fingerprint density at radius 3 is 2.38 bits per heavy atom. The number of carbonyl (C=O) groups is 1. The summed E-state index contributed by atoms with van der Waals surface area (Å²) in [6.45, 7) is 0.664. The number of nitrogens with two attached hydrogens (primary N) is 1. The molecule has 5 nitrogen and oxygen atoms in total. The maximum absolute atomic E-state index is 11.5. The molecule has 0 aliphatic heterocycles. The second-order valence-corrected chi connectivity index (χ2v) is 4.71. The minimum absolute atomic E-state index is 0.0433. The zero-order chi connectivity index (χ0) is 15.2. The van der Waals surface area contributed by atoms with E-state index in [1.54, 1.807) is 25.2 Å². The van der Waals surface area contributed by atoms with Gasteiger partial charge in [0.15, 0.2) is 0 Å². The second-order valence-electron chi connectivity index (χ2n) is 4.71. The van der Waals surface area contributed by atoms with Gasteiger partial charge in [-0.3, -0.25) is 4.79 Å². The van der Waals surface area contributed by atoms with Gasteiger partial charge in [-0.05, 0) is 29.3 Å². The van der Waals surface area contributed by atoms with Crippen LogP contribution >= 0.6 is 0 Å². The smallest absolute Gasteiger partial charge is 0.251 e. The SMILES string of the molecule is CNC(=O)c1ccc(NCc2ccc(CO)cc2)c(N)c1. The number of aliphatic hydroxyl groups excluding tert-OH is 1. The molecule has 0 radical (unpaired) electrons. The van der Waals surface area contributed by atoms with Crippen molar-refractivity contribution < 1.29 is 9.90 Å². The number of hydrogen-bond donors (Lipinski definition) is 4. The minimum atomic E-state index is -0.159. The highest BCUT2D eigenvalue weighted by Gasteiger charge is 2.06. The molecule has 2 aromatic carbocycles. The Morgan fingerprint density at radius 1 is 1.14 bits per heavy atom. The van der Waals surface area contributed by atoms with Crippen molar-refractivity contribution in [2.24, 2.45) is 0 Å². The Morgan fingerprint density at radius 2 is 1.81 bits per heavy atom. The molecular formula is C16H19N3O2. The molecule has 1 amide bonds. The van der Waals surface area contributed by atoms with Gasteiger partial charge in [0.05, 0.1) is 18.0 Å². The van der Waals surface area contributed by atoms with E-state index in [4.69, 9.17) is 10.8 Å². The first kappa shape index (κ1) is 14.9. The number of hydrogen-bond acceptors (Lipinski definition) is 4. The van der Waals surface area contributed by atoms with Gasteiger partial charge in [-0.15, -0.1) is 0 Å². The van der Waals surface area contributed by atoms with Crippen LogP contribution in [0.25, 0.3) is 0 Å². The summed E-state index contributed by atoms with van der Waals surface area (Å²) in [5.41, 5.74) is 9.77. The van der Waals surface area contributed by atoms with E-state index in [1.807, 2.05) is 24.3 Å². The lowest BCUT2D eigenvalue weighted by Crippen LogP contribution is -2.18. The number of carbonyl (C=O) groups excluding carboxylic acids is 1. The average molecular weight is 285 g/mol. The Hall–Kier alpha value is -2.53. The Bertz CT molecular complexity index is 624. The molecule has 0 aliphatic carbocycles. The number of amides is 1. The Kier molecular flexibility index (Phi) is 4.79. The lowest BCUT2D eigenvalue weighted by molar-refractivity contribution is 0.0963. The number of aliphatic hydroxyl groups is 1. The quantitative estimate of drug-likeness (QED) is 0.630. The topological polar surface area (TPSA) is 87.4 Å². The van der Waals surface area contributed by atoms with Gasteiger partial charge in [0.1, 0.15) is 0 Å². The fraction of sp³-hybridized carbons (Fsp3) is 0.188. The molecule has 2 aromatic rings. The summed E-state index contributed by atoms with van der Waals surface area (Å²) in [4.78, 5) is 11.5. The van der Waals surface area contributed by atoms with Crippen molar-refractivity contribution in [3.05, 3.63) is 59.2 Å². The van der Waals surface area contributed by atoms with Gasteiger partial charge in [-0.25, -0.2) is 0 Å². The highest BCUT2D eigenvalue weighted by molar-refractivity contribution is 5.95. The van der Waals surface area contributed by atoms with Crippen LogP contribution < -0.4 is 16.4 Å². The minimum Gasteiger partial charge on any atom is -0.397 e. The first-order chi connectivity index (χ1) is 10.1. The summed E-state index contributed by atoms with van der Waals surface area (Å²) in [7, 11) is 1.58. The van der Waals surface area contributed by atoms with Gasteiger partial charge in [-0.2, -0.15) is 0 Å². The molecule has 0 heterocycles. The summed E-state index contributed by atoms with van der Waals surface area (Å²) in [5.74, 6) is -0.159. The highest BCUT2D eigenvalue weighted by atomic mass is 16.3. The molecule has 110 valence electrons. The van der Waals surface area contributed by atoms with E-state index in [-0.39, 0.29) is 12.5 Å². The standard InChI is InChI=1S/C16H19N3O2/c1-18-16(21)13-6-7-15(14(17)8-13)19-9-11-2-4-12(10-20)5-3-11/h2-8,19-20H,9-10,17H2,1H3,(H,18,21). The first-order valence-electron chi connectivity index (χ1n) is 6.68. The van der Waals surface area contributed by atoms with Crippen LogP contribution in [0.4, 0.5) is 11.4 Å². The van der Waals surface area contributed by atoms with Crippen LogP contribution in [0.1, 0.15) is 21.5 Å². The third-order valence-electron chi connectivity index (χ3n) is 3.23. The fourth-order valence-corrected chi connectivity index (χ4v) is 1.97. The molecule has 5 N–H and O–H groups in total. The Labute approximate surface area is 123 Å². The molecule has 21 heavy (non-hydrogen) atoms. The van der Waals surface area contributed by atoms with Crippen molar-refractivity contribution in [1.82, 2.24) is 5.32 Å². The molecule has 0 saturated heterocycles. The molecule has 0 bridgehead atoms. The molecule has 2 rings (SSSR count). The number of rotatable bonds is 5. The van der Waals surface area contributed by atoms with Crippen LogP contribution in [0.2, 0.25) is 0 Å². The molecule has 0 atom stereocenters. The number of benzene rings is 2. The third kappa shape index (κ3) is 3.73. The zero-order valence-electron chi connectivity index (χ0n) is 11.9. The van der Waals surface area contributed by atoms with Crippen LogP contribution in [0.15, 0.2) is 42.5 Å². The monoisotopic (exact) mass is 285 g/mol. The van der Waals surface area contributed by atoms with Gasteiger partial charge in [0.2, 0.25) is 0 Å². The number of anilines is 2. The van der Waals surface area contributed by atoms with E-state index in [1.165, 1.54) is 0 Å². The normalized spacial score (nSPS) is 10.2. The van der Waals surface area contributed by atoms with E-state index in [9.17, 15) is 4.79 Å². The summed E-state index contributed by atoms with van der Waals surface area (Å²) in [5, 5.41) is 14.8. The van der Waals surface area contributed by atoms with Gasteiger partial charge >= 0.3 is 0 Å². The van der Waals surface area contributed by atoms with E-state index in [0.29, 0.717) is 17.8 Å². The zero-order valence-corrected chi connectivity index (χ0v) is 11.9. The van der Waals surface area contributed by atoms with E-state index < -0.39 is 0 Å². The van der Waals surface area contributed by atoms with Crippen molar-refractivity contribution in [2.45, 2.75) is 13.2 Å². The predicted molar refractivity (Wildman–Crippen MR) is 83.9 cm³/mol. The molecule has 0 fully saturated rings. The largest absolute Gasteiger partial charge is 0.397 e. The van der Waals surface area contributed by atoms with Crippen molar-refractivity contribution in [1.29, 1.82) is 0 Å². The summed E-state index contributed by atoms with van der Waals surface area (Å²) < 4.78 is 0.